The Hall–Kier alpha value is -1.69. The normalized spacial score (nSPS) is 25.1. The molecule has 1 aliphatic carbocycles. The fourth-order valence-corrected chi connectivity index (χ4v) is 3.90. The first-order chi connectivity index (χ1) is 13.1. The van der Waals surface area contributed by atoms with Gasteiger partial charge in [-0.15, -0.1) is 0 Å². The van der Waals surface area contributed by atoms with Crippen LogP contribution in [0, 0.1) is 0 Å². The minimum atomic E-state index is 0.373. The van der Waals surface area contributed by atoms with E-state index in [2.05, 4.69) is 16.9 Å². The van der Waals surface area contributed by atoms with Crippen LogP contribution in [-0.4, -0.2) is 40.9 Å². The molecule has 0 amide bonds. The number of nitrogens with one attached hydrogen (secondary N) is 1. The van der Waals surface area contributed by atoms with Gasteiger partial charge in [-0.25, -0.2) is 4.98 Å². The zero-order chi connectivity index (χ0) is 18.8. The Bertz CT molecular complexity index is 914. The Labute approximate surface area is 164 Å². The number of halogens is 1. The van der Waals surface area contributed by atoms with Crippen LogP contribution in [0.5, 0.6) is 0 Å². The van der Waals surface area contributed by atoms with Crippen molar-refractivity contribution in [3.8, 4) is 0 Å². The van der Waals surface area contributed by atoms with Gasteiger partial charge >= 0.3 is 0 Å². The molecule has 0 spiro atoms. The number of aromatic nitrogens is 3. The molecule has 1 aliphatic heterocycles. The van der Waals surface area contributed by atoms with Crippen molar-refractivity contribution < 1.29 is 9.47 Å². The molecule has 3 heterocycles. The molecule has 0 unspecified atom stereocenters. The van der Waals surface area contributed by atoms with E-state index in [0.717, 1.165) is 47.2 Å². The summed E-state index contributed by atoms with van der Waals surface area (Å²) < 4.78 is 10.6. The number of rotatable bonds is 2. The molecule has 144 valence electrons. The summed E-state index contributed by atoms with van der Waals surface area (Å²) in [5, 5.41) is 1.71. The smallest absolute Gasteiger partial charge is 0.110 e. The van der Waals surface area contributed by atoms with Crippen LogP contribution in [0.2, 0.25) is 5.02 Å². The van der Waals surface area contributed by atoms with Crippen LogP contribution >= 0.6 is 11.6 Å². The van der Waals surface area contributed by atoms with Crippen molar-refractivity contribution in [1.82, 2.24) is 15.0 Å². The van der Waals surface area contributed by atoms with Crippen LogP contribution in [0.3, 0.4) is 0 Å². The van der Waals surface area contributed by atoms with Gasteiger partial charge in [-0.3, -0.25) is 4.98 Å². The number of aromatic amines is 1. The summed E-state index contributed by atoms with van der Waals surface area (Å²) in [6.45, 7) is 3.13. The number of hydrogen-bond acceptors (Lipinski definition) is 4. The van der Waals surface area contributed by atoms with Crippen molar-refractivity contribution in [3.05, 3.63) is 35.2 Å². The Morgan fingerprint density at radius 1 is 1.26 bits per heavy atom. The summed E-state index contributed by atoms with van der Waals surface area (Å²) in [6, 6.07) is 5.71. The van der Waals surface area contributed by atoms with Gasteiger partial charge in [0.25, 0.3) is 0 Å². The fraction of sp³-hybridized carbons (Fsp3) is 0.524. The minimum Gasteiger partial charge on any atom is -0.381 e. The second kappa shape index (κ2) is 8.13. The number of methoxy groups -OCH3 is 1. The zero-order valence-electron chi connectivity index (χ0n) is 15.9. The number of ether oxygens (including phenoxy) is 2. The molecule has 6 heteroatoms. The largest absolute Gasteiger partial charge is 0.381 e. The summed E-state index contributed by atoms with van der Waals surface area (Å²) in [5.74, 6) is 1.49. The first-order valence-corrected chi connectivity index (χ1v) is 10.1. The van der Waals surface area contributed by atoms with Crippen molar-refractivity contribution in [3.63, 3.8) is 0 Å². The standard InChI is InChI=1S/C15H14ClN3O.C6H12O/c1-20-10-4-8(5-10)15-18-13-7-17-12-3-2-9(16)6-11(12)14(13)19-15;1-6-4-2-3-5-7-6/h2-3,6-8,10H,4-5H2,1H3,(H,18,19);6H,2-5H2,1H3/t;6-/m.1/s1. The number of imidazole rings is 1. The predicted molar refractivity (Wildman–Crippen MR) is 108 cm³/mol. The third-order valence-electron chi connectivity index (χ3n) is 5.52. The number of nitrogens with zero attached hydrogens (tertiary/aromatic N) is 2. The average molecular weight is 388 g/mol. The van der Waals surface area contributed by atoms with E-state index >= 15 is 0 Å². The van der Waals surface area contributed by atoms with Crippen LogP contribution in [0.15, 0.2) is 24.4 Å². The lowest BCUT2D eigenvalue weighted by molar-refractivity contribution is 0.0239. The molecule has 3 aromatic rings. The van der Waals surface area contributed by atoms with E-state index in [4.69, 9.17) is 26.1 Å². The van der Waals surface area contributed by atoms with Gasteiger partial charge in [0, 0.05) is 30.0 Å². The second-order valence-corrected chi connectivity index (χ2v) is 7.94. The first kappa shape index (κ1) is 18.7. The summed E-state index contributed by atoms with van der Waals surface area (Å²) in [5.41, 5.74) is 2.84. The van der Waals surface area contributed by atoms with Gasteiger partial charge in [-0.2, -0.15) is 0 Å². The zero-order valence-corrected chi connectivity index (χ0v) is 16.6. The van der Waals surface area contributed by atoms with Gasteiger partial charge in [-0.1, -0.05) is 11.6 Å². The van der Waals surface area contributed by atoms with E-state index in [1.165, 1.54) is 19.3 Å². The lowest BCUT2D eigenvalue weighted by Crippen LogP contribution is -2.29. The summed E-state index contributed by atoms with van der Waals surface area (Å²) >= 11 is 6.08. The van der Waals surface area contributed by atoms with Crippen LogP contribution in [0.4, 0.5) is 0 Å². The third kappa shape index (κ3) is 4.10. The molecule has 0 radical (unpaired) electrons. The van der Waals surface area contributed by atoms with Crippen molar-refractivity contribution in [2.24, 2.45) is 0 Å². The highest BCUT2D eigenvalue weighted by Crippen LogP contribution is 2.38. The topological polar surface area (TPSA) is 60.0 Å². The Kier molecular flexibility index (Phi) is 5.62. The molecule has 2 fully saturated rings. The van der Waals surface area contributed by atoms with Crippen LogP contribution in [0.25, 0.3) is 21.9 Å². The number of H-pyrrole nitrogens is 1. The Balaban J connectivity index is 0.000000218. The highest BCUT2D eigenvalue weighted by molar-refractivity contribution is 6.31. The molecular weight excluding hydrogens is 362 g/mol. The maximum atomic E-state index is 6.08. The Morgan fingerprint density at radius 2 is 2.11 bits per heavy atom. The van der Waals surface area contributed by atoms with E-state index in [9.17, 15) is 0 Å². The molecule has 1 N–H and O–H groups in total. The third-order valence-corrected chi connectivity index (χ3v) is 5.75. The van der Waals surface area contributed by atoms with E-state index < -0.39 is 0 Å². The molecule has 1 saturated heterocycles. The molecule has 5 rings (SSSR count). The molecule has 1 saturated carbocycles. The molecule has 1 atom stereocenters. The SMILES string of the molecule is COC1CC(c2nc3c(cnc4ccc(Cl)cc43)[nH]2)C1.C[C@@H]1CCCCO1. The summed E-state index contributed by atoms with van der Waals surface area (Å²) in [7, 11) is 1.76. The van der Waals surface area contributed by atoms with Gasteiger partial charge in [0.1, 0.15) is 5.82 Å². The molecular formula is C21H26ClN3O2. The van der Waals surface area contributed by atoms with Crippen LogP contribution in [-0.2, 0) is 9.47 Å². The predicted octanol–water partition coefficient (Wildman–Crippen LogP) is 5.23. The average Bonchev–Trinajstić information content (AvgIpc) is 3.06. The monoisotopic (exact) mass is 387 g/mol. The van der Waals surface area contributed by atoms with Crippen molar-refractivity contribution in [1.29, 1.82) is 0 Å². The summed E-state index contributed by atoms with van der Waals surface area (Å²) in [4.78, 5) is 12.6. The highest BCUT2D eigenvalue weighted by atomic mass is 35.5. The van der Waals surface area contributed by atoms with Gasteiger partial charge in [0.15, 0.2) is 0 Å². The van der Waals surface area contributed by atoms with Crippen molar-refractivity contribution in [2.75, 3.05) is 13.7 Å². The number of benzene rings is 1. The fourth-order valence-electron chi connectivity index (χ4n) is 3.73. The lowest BCUT2D eigenvalue weighted by atomic mass is 9.82. The lowest BCUT2D eigenvalue weighted by Gasteiger charge is -2.32. The number of hydrogen-bond donors (Lipinski definition) is 1. The quantitative estimate of drug-likeness (QED) is 0.653. The Morgan fingerprint density at radius 3 is 2.78 bits per heavy atom. The molecule has 5 nitrogen and oxygen atoms in total. The molecule has 0 bridgehead atoms. The summed E-state index contributed by atoms with van der Waals surface area (Å²) in [6.07, 6.45) is 8.71. The van der Waals surface area contributed by atoms with E-state index in [0.29, 0.717) is 23.1 Å². The van der Waals surface area contributed by atoms with Crippen molar-refractivity contribution in [2.45, 2.75) is 57.2 Å². The maximum Gasteiger partial charge on any atom is 0.110 e. The van der Waals surface area contributed by atoms with E-state index in [1.54, 1.807) is 7.11 Å². The highest BCUT2D eigenvalue weighted by Gasteiger charge is 2.32. The molecule has 2 aliphatic rings. The maximum absolute atomic E-state index is 6.08. The van der Waals surface area contributed by atoms with E-state index in [-0.39, 0.29) is 0 Å². The number of fused-ring (bicyclic) bond motifs is 3. The van der Waals surface area contributed by atoms with E-state index in [1.807, 2.05) is 24.4 Å². The number of pyridine rings is 1. The molecule has 1 aromatic carbocycles. The van der Waals surface area contributed by atoms with Gasteiger partial charge < -0.3 is 14.5 Å². The minimum absolute atomic E-state index is 0.373. The van der Waals surface area contributed by atoms with Crippen LogP contribution in [0.1, 0.15) is 50.8 Å². The van der Waals surface area contributed by atoms with Gasteiger partial charge in [0.05, 0.1) is 35.0 Å². The van der Waals surface area contributed by atoms with Gasteiger partial charge in [0.2, 0.25) is 0 Å². The first-order valence-electron chi connectivity index (χ1n) is 9.72. The second-order valence-electron chi connectivity index (χ2n) is 7.51. The molecule has 2 aromatic heterocycles. The van der Waals surface area contributed by atoms with Crippen molar-refractivity contribution >= 4 is 33.5 Å². The van der Waals surface area contributed by atoms with Gasteiger partial charge in [-0.05, 0) is 57.2 Å². The van der Waals surface area contributed by atoms with Crippen LogP contribution < -0.4 is 0 Å². The molecule has 27 heavy (non-hydrogen) atoms.